The van der Waals surface area contributed by atoms with Crippen LogP contribution in [0.15, 0.2) is 30.3 Å². The van der Waals surface area contributed by atoms with Crippen LogP contribution in [0.25, 0.3) is 0 Å². The molecule has 0 saturated heterocycles. The van der Waals surface area contributed by atoms with Crippen LogP contribution in [0.4, 0.5) is 0 Å². The van der Waals surface area contributed by atoms with E-state index in [9.17, 15) is 4.79 Å². The lowest BCUT2D eigenvalue weighted by Crippen LogP contribution is -2.30. The lowest BCUT2D eigenvalue weighted by Gasteiger charge is -2.05. The fourth-order valence-electron chi connectivity index (χ4n) is 2.39. The third kappa shape index (κ3) is 3.10. The molecule has 3 nitrogen and oxygen atoms in total. The molecule has 0 radical (unpaired) electrons. The van der Waals surface area contributed by atoms with Crippen molar-refractivity contribution in [3.63, 3.8) is 0 Å². The second kappa shape index (κ2) is 5.11. The minimum Gasteiger partial charge on any atom is -0.353 e. The first kappa shape index (κ1) is 11.7. The van der Waals surface area contributed by atoms with Crippen LogP contribution in [0.1, 0.15) is 37.2 Å². The minimum absolute atomic E-state index is 0.196. The molecule has 1 aromatic carbocycles. The summed E-state index contributed by atoms with van der Waals surface area (Å²) in [4.78, 5) is 11.5. The second-order valence-corrected chi connectivity index (χ2v) is 5.41. The largest absolute Gasteiger partial charge is 0.353 e. The van der Waals surface area contributed by atoms with Crippen LogP contribution in [0, 0.1) is 0 Å². The highest BCUT2D eigenvalue weighted by Gasteiger charge is 2.37. The Morgan fingerprint density at radius 3 is 2.72 bits per heavy atom. The van der Waals surface area contributed by atoms with Gasteiger partial charge in [-0.1, -0.05) is 30.3 Å². The maximum atomic E-state index is 11.5. The van der Waals surface area contributed by atoms with Crippen LogP contribution in [-0.4, -0.2) is 24.5 Å². The topological polar surface area (TPSA) is 41.1 Å². The Kier molecular flexibility index (Phi) is 3.33. The van der Waals surface area contributed by atoms with Gasteiger partial charge in [0.1, 0.15) is 0 Å². The molecule has 0 heterocycles. The number of carbonyl (C=O) groups excluding carboxylic acids is 1. The molecular weight excluding hydrogens is 224 g/mol. The average molecular weight is 244 g/mol. The standard InChI is InChI=1S/C15H20N2O/c18-15(17-12-6-7-12)8-9-16-14-10-13(14)11-4-2-1-3-5-11/h1-5,12-14,16H,6-10H2,(H,17,18). The molecule has 0 aromatic heterocycles. The monoisotopic (exact) mass is 244 g/mol. The van der Waals surface area contributed by atoms with Crippen molar-refractivity contribution in [2.24, 2.45) is 0 Å². The Morgan fingerprint density at radius 2 is 2.00 bits per heavy atom. The van der Waals surface area contributed by atoms with Crippen molar-refractivity contribution in [3.05, 3.63) is 35.9 Å². The first-order valence-electron chi connectivity index (χ1n) is 6.90. The first-order chi connectivity index (χ1) is 8.83. The van der Waals surface area contributed by atoms with Crippen molar-refractivity contribution in [3.8, 4) is 0 Å². The zero-order valence-electron chi connectivity index (χ0n) is 10.6. The van der Waals surface area contributed by atoms with E-state index < -0.39 is 0 Å². The molecule has 1 aromatic rings. The van der Waals surface area contributed by atoms with Crippen molar-refractivity contribution in [2.75, 3.05) is 6.54 Å². The van der Waals surface area contributed by atoms with E-state index in [1.165, 1.54) is 12.0 Å². The summed E-state index contributed by atoms with van der Waals surface area (Å²) in [6.45, 7) is 0.798. The van der Waals surface area contributed by atoms with Gasteiger partial charge in [0.25, 0.3) is 0 Å². The summed E-state index contributed by atoms with van der Waals surface area (Å²) in [7, 11) is 0. The highest BCUT2D eigenvalue weighted by atomic mass is 16.1. The van der Waals surface area contributed by atoms with Crippen molar-refractivity contribution in [1.82, 2.24) is 10.6 Å². The van der Waals surface area contributed by atoms with Crippen LogP contribution >= 0.6 is 0 Å². The number of hydrogen-bond donors (Lipinski definition) is 2. The SMILES string of the molecule is O=C(CCNC1CC1c1ccccc1)NC1CC1. The van der Waals surface area contributed by atoms with Gasteiger partial charge < -0.3 is 10.6 Å². The van der Waals surface area contributed by atoms with E-state index in [1.54, 1.807) is 0 Å². The molecule has 2 aliphatic rings. The first-order valence-corrected chi connectivity index (χ1v) is 6.90. The number of carbonyl (C=O) groups is 1. The van der Waals surface area contributed by atoms with Gasteiger partial charge in [-0.2, -0.15) is 0 Å². The van der Waals surface area contributed by atoms with E-state index in [2.05, 4.69) is 41.0 Å². The maximum absolute atomic E-state index is 11.5. The lowest BCUT2D eigenvalue weighted by molar-refractivity contribution is -0.121. The van der Waals surface area contributed by atoms with Crippen LogP contribution in [0.3, 0.4) is 0 Å². The zero-order valence-corrected chi connectivity index (χ0v) is 10.6. The van der Waals surface area contributed by atoms with E-state index in [0.717, 1.165) is 19.4 Å². The molecule has 3 rings (SSSR count). The predicted octanol–water partition coefficient (Wildman–Crippen LogP) is 1.80. The molecule has 2 fully saturated rings. The number of hydrogen-bond acceptors (Lipinski definition) is 2. The Morgan fingerprint density at radius 1 is 1.22 bits per heavy atom. The molecule has 1 amide bonds. The summed E-state index contributed by atoms with van der Waals surface area (Å²) in [5.41, 5.74) is 1.41. The molecule has 96 valence electrons. The summed E-state index contributed by atoms with van der Waals surface area (Å²) in [5.74, 6) is 0.847. The molecule has 2 N–H and O–H groups in total. The molecule has 0 aliphatic heterocycles. The fraction of sp³-hybridized carbons (Fsp3) is 0.533. The van der Waals surface area contributed by atoms with Crippen LogP contribution in [-0.2, 0) is 4.79 Å². The summed E-state index contributed by atoms with van der Waals surface area (Å²) >= 11 is 0. The normalized spacial score (nSPS) is 25.8. The van der Waals surface area contributed by atoms with Gasteiger partial charge in [-0.15, -0.1) is 0 Å². The molecule has 0 bridgehead atoms. The molecule has 2 atom stereocenters. The van der Waals surface area contributed by atoms with Crippen LogP contribution < -0.4 is 10.6 Å². The van der Waals surface area contributed by atoms with Crippen LogP contribution in [0.5, 0.6) is 0 Å². The Bertz CT molecular complexity index is 414. The van der Waals surface area contributed by atoms with Gasteiger partial charge >= 0.3 is 0 Å². The third-order valence-electron chi connectivity index (χ3n) is 3.72. The second-order valence-electron chi connectivity index (χ2n) is 5.41. The smallest absolute Gasteiger partial charge is 0.221 e. The van der Waals surface area contributed by atoms with Gasteiger partial charge in [-0.3, -0.25) is 4.79 Å². The van der Waals surface area contributed by atoms with E-state index in [1.807, 2.05) is 0 Å². The number of rotatable bonds is 6. The molecule has 2 aliphatic carbocycles. The van der Waals surface area contributed by atoms with Crippen molar-refractivity contribution in [1.29, 1.82) is 0 Å². The number of amides is 1. The minimum atomic E-state index is 0.196. The average Bonchev–Trinajstić information content (AvgIpc) is 3.26. The van der Waals surface area contributed by atoms with Gasteiger partial charge in [0.05, 0.1) is 0 Å². The summed E-state index contributed by atoms with van der Waals surface area (Å²) < 4.78 is 0. The van der Waals surface area contributed by atoms with E-state index in [4.69, 9.17) is 0 Å². The molecule has 2 saturated carbocycles. The summed E-state index contributed by atoms with van der Waals surface area (Å²) in [6, 6.07) is 11.7. The van der Waals surface area contributed by atoms with Crippen molar-refractivity contribution < 1.29 is 4.79 Å². The quantitative estimate of drug-likeness (QED) is 0.801. The number of benzene rings is 1. The van der Waals surface area contributed by atoms with E-state index >= 15 is 0 Å². The van der Waals surface area contributed by atoms with Gasteiger partial charge in [0.2, 0.25) is 5.91 Å². The van der Waals surface area contributed by atoms with Crippen LogP contribution in [0.2, 0.25) is 0 Å². The fourth-order valence-corrected chi connectivity index (χ4v) is 2.39. The maximum Gasteiger partial charge on any atom is 0.221 e. The molecular formula is C15H20N2O. The van der Waals surface area contributed by atoms with Gasteiger partial charge in [0.15, 0.2) is 0 Å². The van der Waals surface area contributed by atoms with E-state index in [-0.39, 0.29) is 5.91 Å². The highest BCUT2D eigenvalue weighted by Crippen LogP contribution is 2.40. The van der Waals surface area contributed by atoms with Gasteiger partial charge in [-0.05, 0) is 24.8 Å². The molecule has 2 unspecified atom stereocenters. The van der Waals surface area contributed by atoms with E-state index in [0.29, 0.717) is 24.4 Å². The summed E-state index contributed by atoms with van der Waals surface area (Å²) in [5, 5.41) is 6.48. The molecule has 18 heavy (non-hydrogen) atoms. The van der Waals surface area contributed by atoms with Gasteiger partial charge in [-0.25, -0.2) is 0 Å². The molecule has 0 spiro atoms. The third-order valence-corrected chi connectivity index (χ3v) is 3.72. The van der Waals surface area contributed by atoms with Crippen molar-refractivity contribution in [2.45, 2.75) is 43.7 Å². The van der Waals surface area contributed by atoms with Gasteiger partial charge in [0, 0.05) is 31.0 Å². The lowest BCUT2D eigenvalue weighted by atomic mass is 10.1. The molecule has 3 heteroatoms. The zero-order chi connectivity index (χ0) is 12.4. The Hall–Kier alpha value is -1.35. The Balaban J connectivity index is 1.34. The number of nitrogens with one attached hydrogen (secondary N) is 2. The summed E-state index contributed by atoms with van der Waals surface area (Å²) in [6.07, 6.45) is 4.14. The van der Waals surface area contributed by atoms with Crippen molar-refractivity contribution >= 4 is 5.91 Å². The predicted molar refractivity (Wildman–Crippen MR) is 71.4 cm³/mol. The highest BCUT2D eigenvalue weighted by molar-refractivity contribution is 5.76. The Labute approximate surface area is 108 Å².